The van der Waals surface area contributed by atoms with E-state index in [9.17, 15) is 8.42 Å². The molecule has 0 saturated carbocycles. The molecule has 0 bridgehead atoms. The summed E-state index contributed by atoms with van der Waals surface area (Å²) in [5.41, 5.74) is 6.96. The molecule has 2 rings (SSSR count). The van der Waals surface area contributed by atoms with Crippen LogP contribution in [0, 0.1) is 5.41 Å². The highest BCUT2D eigenvalue weighted by atomic mass is 32.2. The zero-order valence-corrected chi connectivity index (χ0v) is 14.4. The Hall–Kier alpha value is -0.950. The van der Waals surface area contributed by atoms with Crippen LogP contribution in [0.2, 0.25) is 0 Å². The van der Waals surface area contributed by atoms with E-state index in [0.29, 0.717) is 31.0 Å². The molecule has 0 aromatic heterocycles. The van der Waals surface area contributed by atoms with E-state index in [1.54, 1.807) is 23.5 Å². The first kappa shape index (κ1) is 17.4. The zero-order valence-electron chi connectivity index (χ0n) is 13.6. The van der Waals surface area contributed by atoms with Crippen LogP contribution in [0.4, 0.5) is 0 Å². The van der Waals surface area contributed by atoms with Gasteiger partial charge in [-0.2, -0.15) is 4.31 Å². The first-order valence-electron chi connectivity index (χ1n) is 7.61. The summed E-state index contributed by atoms with van der Waals surface area (Å²) >= 11 is 0. The molecule has 1 aliphatic rings. The molecule has 124 valence electrons. The Bertz CT molecular complexity index is 596. The molecule has 1 aromatic rings. The number of ether oxygens (including phenoxy) is 1. The van der Waals surface area contributed by atoms with Crippen molar-refractivity contribution in [1.29, 1.82) is 0 Å². The molecule has 1 aromatic carbocycles. The van der Waals surface area contributed by atoms with Gasteiger partial charge in [-0.1, -0.05) is 26.0 Å². The Balaban J connectivity index is 2.16. The van der Waals surface area contributed by atoms with Gasteiger partial charge in [0.05, 0.1) is 11.5 Å². The van der Waals surface area contributed by atoms with E-state index in [1.165, 1.54) is 0 Å². The fraction of sp³-hybridized carbons (Fsp3) is 0.625. The molecule has 0 aliphatic carbocycles. The topological polar surface area (TPSA) is 72.6 Å². The van der Waals surface area contributed by atoms with Gasteiger partial charge in [0, 0.05) is 26.2 Å². The van der Waals surface area contributed by atoms with Gasteiger partial charge in [-0.15, -0.1) is 0 Å². The predicted molar refractivity (Wildman–Crippen MR) is 87.2 cm³/mol. The summed E-state index contributed by atoms with van der Waals surface area (Å²) in [6.45, 7) is 5.62. The molecule has 1 atom stereocenters. The molecule has 6 heteroatoms. The molecular formula is C16H26N2O3S. The van der Waals surface area contributed by atoms with Crippen molar-refractivity contribution in [2.75, 3.05) is 26.8 Å². The van der Waals surface area contributed by atoms with Gasteiger partial charge in [0.1, 0.15) is 0 Å². The van der Waals surface area contributed by atoms with Crippen molar-refractivity contribution < 1.29 is 13.2 Å². The van der Waals surface area contributed by atoms with Crippen LogP contribution < -0.4 is 5.73 Å². The van der Waals surface area contributed by atoms with Crippen molar-refractivity contribution >= 4 is 10.0 Å². The first-order valence-corrected chi connectivity index (χ1v) is 9.05. The molecule has 1 aliphatic heterocycles. The SMILES string of the molecule is COCCc1ccc(S(=O)(=O)N2CCC(N)C(C)(C)C2)cc1. The Morgan fingerprint density at radius 3 is 2.50 bits per heavy atom. The van der Waals surface area contributed by atoms with Gasteiger partial charge in [-0.25, -0.2) is 8.42 Å². The van der Waals surface area contributed by atoms with E-state index in [4.69, 9.17) is 10.5 Å². The average Bonchev–Trinajstić information content (AvgIpc) is 2.48. The number of piperidine rings is 1. The second-order valence-electron chi connectivity index (χ2n) is 6.61. The summed E-state index contributed by atoms with van der Waals surface area (Å²) in [7, 11) is -1.79. The minimum Gasteiger partial charge on any atom is -0.384 e. The van der Waals surface area contributed by atoms with Gasteiger partial charge in [-0.3, -0.25) is 0 Å². The lowest BCUT2D eigenvalue weighted by atomic mass is 9.81. The normalized spacial score (nSPS) is 22.6. The summed E-state index contributed by atoms with van der Waals surface area (Å²) in [5.74, 6) is 0. The number of rotatable bonds is 5. The molecule has 2 N–H and O–H groups in total. The predicted octanol–water partition coefficient (Wildman–Crippen LogP) is 1.62. The van der Waals surface area contributed by atoms with Crippen LogP contribution in [0.5, 0.6) is 0 Å². The highest BCUT2D eigenvalue weighted by Gasteiger charge is 2.38. The Kier molecular flexibility index (Phi) is 5.27. The maximum Gasteiger partial charge on any atom is 0.243 e. The van der Waals surface area contributed by atoms with Gasteiger partial charge in [-0.05, 0) is 36.0 Å². The largest absolute Gasteiger partial charge is 0.384 e. The molecule has 1 saturated heterocycles. The first-order chi connectivity index (χ1) is 10.3. The van der Waals surface area contributed by atoms with Crippen molar-refractivity contribution in [2.45, 2.75) is 37.6 Å². The third-order valence-corrected chi connectivity index (χ3v) is 6.29. The molecule has 1 fully saturated rings. The van der Waals surface area contributed by atoms with E-state index in [-0.39, 0.29) is 11.5 Å². The fourth-order valence-corrected chi connectivity index (χ4v) is 4.35. The quantitative estimate of drug-likeness (QED) is 0.892. The number of hydrogen-bond donors (Lipinski definition) is 1. The van der Waals surface area contributed by atoms with Gasteiger partial charge in [0.2, 0.25) is 10.0 Å². The molecule has 0 amide bonds. The van der Waals surface area contributed by atoms with Crippen molar-refractivity contribution in [3.63, 3.8) is 0 Å². The molecular weight excluding hydrogens is 300 g/mol. The van der Waals surface area contributed by atoms with Gasteiger partial charge >= 0.3 is 0 Å². The minimum atomic E-state index is -3.45. The smallest absolute Gasteiger partial charge is 0.243 e. The number of nitrogens with two attached hydrogens (primary N) is 1. The lowest BCUT2D eigenvalue weighted by Crippen LogP contribution is -2.53. The third kappa shape index (κ3) is 3.68. The van der Waals surface area contributed by atoms with E-state index in [2.05, 4.69) is 0 Å². The van der Waals surface area contributed by atoms with Crippen LogP contribution in [-0.4, -0.2) is 45.6 Å². The molecule has 0 spiro atoms. The zero-order chi connectivity index (χ0) is 16.4. The van der Waals surface area contributed by atoms with Crippen LogP contribution in [0.1, 0.15) is 25.8 Å². The number of methoxy groups -OCH3 is 1. The van der Waals surface area contributed by atoms with E-state index < -0.39 is 10.0 Å². The van der Waals surface area contributed by atoms with Crippen molar-refractivity contribution in [1.82, 2.24) is 4.31 Å². The van der Waals surface area contributed by atoms with Crippen LogP contribution >= 0.6 is 0 Å². The summed E-state index contributed by atoms with van der Waals surface area (Å²) in [4.78, 5) is 0.347. The van der Waals surface area contributed by atoms with Crippen LogP contribution in [0.15, 0.2) is 29.2 Å². The van der Waals surface area contributed by atoms with Crippen LogP contribution in [0.3, 0.4) is 0 Å². The van der Waals surface area contributed by atoms with E-state index >= 15 is 0 Å². The maximum atomic E-state index is 12.8. The molecule has 5 nitrogen and oxygen atoms in total. The number of sulfonamides is 1. The Labute approximate surface area is 133 Å². The lowest BCUT2D eigenvalue weighted by molar-refractivity contribution is 0.155. The van der Waals surface area contributed by atoms with E-state index in [0.717, 1.165) is 12.0 Å². The second-order valence-corrected chi connectivity index (χ2v) is 8.55. The van der Waals surface area contributed by atoms with Gasteiger partial charge in [0.15, 0.2) is 0 Å². The molecule has 22 heavy (non-hydrogen) atoms. The Morgan fingerprint density at radius 2 is 1.95 bits per heavy atom. The van der Waals surface area contributed by atoms with E-state index in [1.807, 2.05) is 26.0 Å². The monoisotopic (exact) mass is 326 g/mol. The van der Waals surface area contributed by atoms with Crippen molar-refractivity contribution in [2.24, 2.45) is 11.1 Å². The summed E-state index contributed by atoms with van der Waals surface area (Å²) in [6.07, 6.45) is 1.47. The standard InChI is InChI=1S/C16H26N2O3S/c1-16(2)12-18(10-8-15(16)17)22(19,20)14-6-4-13(5-7-14)9-11-21-3/h4-7,15H,8-12,17H2,1-3H3. The molecule has 0 radical (unpaired) electrons. The maximum absolute atomic E-state index is 12.8. The lowest BCUT2D eigenvalue weighted by Gasteiger charge is -2.41. The number of nitrogens with zero attached hydrogens (tertiary/aromatic N) is 1. The summed E-state index contributed by atoms with van der Waals surface area (Å²) in [6, 6.07) is 7.11. The van der Waals surface area contributed by atoms with Crippen molar-refractivity contribution in [3.8, 4) is 0 Å². The van der Waals surface area contributed by atoms with Crippen LogP contribution in [-0.2, 0) is 21.2 Å². The van der Waals surface area contributed by atoms with Gasteiger partial charge in [0.25, 0.3) is 0 Å². The third-order valence-electron chi connectivity index (χ3n) is 4.43. The Morgan fingerprint density at radius 1 is 1.32 bits per heavy atom. The summed E-state index contributed by atoms with van der Waals surface area (Å²) in [5, 5.41) is 0. The second kappa shape index (κ2) is 6.66. The highest BCUT2D eigenvalue weighted by molar-refractivity contribution is 7.89. The van der Waals surface area contributed by atoms with Gasteiger partial charge < -0.3 is 10.5 Å². The average molecular weight is 326 g/mol. The summed E-state index contributed by atoms with van der Waals surface area (Å²) < 4.78 is 32.1. The highest BCUT2D eigenvalue weighted by Crippen LogP contribution is 2.31. The van der Waals surface area contributed by atoms with Crippen molar-refractivity contribution in [3.05, 3.63) is 29.8 Å². The number of hydrogen-bond acceptors (Lipinski definition) is 4. The number of benzene rings is 1. The fourth-order valence-electron chi connectivity index (χ4n) is 2.73. The molecule has 1 heterocycles. The minimum absolute atomic E-state index is 0.0374. The van der Waals surface area contributed by atoms with Crippen LogP contribution in [0.25, 0.3) is 0 Å². The molecule has 1 unspecified atom stereocenters.